The first-order chi connectivity index (χ1) is 8.63. The summed E-state index contributed by atoms with van der Waals surface area (Å²) in [6.07, 6.45) is 1.09. The van der Waals surface area contributed by atoms with Crippen LogP contribution in [0.4, 0.5) is 5.69 Å². The van der Waals surface area contributed by atoms with E-state index in [0.717, 1.165) is 6.33 Å². The van der Waals surface area contributed by atoms with E-state index in [1.54, 1.807) is 12.1 Å². The highest BCUT2D eigenvalue weighted by Gasteiger charge is 2.14. The normalized spacial score (nSPS) is 9.72. The molecule has 0 aliphatic carbocycles. The van der Waals surface area contributed by atoms with Crippen molar-refractivity contribution in [2.45, 2.75) is 0 Å². The maximum absolute atomic E-state index is 10.7. The Hall–Kier alpha value is -3.01. The molecule has 0 saturated heterocycles. The van der Waals surface area contributed by atoms with Crippen molar-refractivity contribution in [3.8, 4) is 23.2 Å². The van der Waals surface area contributed by atoms with Gasteiger partial charge in [0.2, 0.25) is 5.88 Å². The van der Waals surface area contributed by atoms with Gasteiger partial charge in [-0.3, -0.25) is 10.1 Å². The number of hydrogen-bond acceptors (Lipinski definition) is 6. The lowest BCUT2D eigenvalue weighted by molar-refractivity contribution is -0.384. The largest absolute Gasteiger partial charge is 0.492 e. The Morgan fingerprint density at radius 3 is 2.83 bits per heavy atom. The van der Waals surface area contributed by atoms with E-state index in [1.807, 2.05) is 0 Å². The molecule has 1 heterocycles. The van der Waals surface area contributed by atoms with Gasteiger partial charge in [-0.25, -0.2) is 9.97 Å². The lowest BCUT2D eigenvalue weighted by Gasteiger charge is -2.03. The molecule has 1 aromatic heterocycles. The van der Waals surface area contributed by atoms with Crippen LogP contribution in [0.5, 0.6) is 5.88 Å². The van der Waals surface area contributed by atoms with E-state index in [2.05, 4.69) is 9.97 Å². The number of nitro benzene ring substituents is 1. The van der Waals surface area contributed by atoms with Crippen LogP contribution in [0.2, 0.25) is 0 Å². The average Bonchev–Trinajstić information content (AvgIpc) is 2.38. The standard InChI is InChI=1S/C11H6N4O3/c12-5-9-10(13-6-14-11(9)16)7-2-1-3-8(4-7)15(17)18/h1-4,6H,(H,13,14,16). The quantitative estimate of drug-likeness (QED) is 0.632. The van der Waals surface area contributed by atoms with Gasteiger partial charge in [0.1, 0.15) is 18.0 Å². The number of nitrogens with zero attached hydrogens (tertiary/aromatic N) is 4. The molecular formula is C11H6N4O3. The maximum Gasteiger partial charge on any atom is 0.270 e. The Morgan fingerprint density at radius 1 is 1.39 bits per heavy atom. The molecule has 0 aliphatic heterocycles. The SMILES string of the molecule is N#Cc1c(O)ncnc1-c1cccc([N+](=O)[O-])c1. The molecule has 0 atom stereocenters. The van der Waals surface area contributed by atoms with Crippen molar-refractivity contribution >= 4 is 5.69 Å². The zero-order valence-electron chi connectivity index (χ0n) is 8.94. The molecule has 0 amide bonds. The minimum atomic E-state index is -0.545. The smallest absolute Gasteiger partial charge is 0.270 e. The molecule has 7 heteroatoms. The van der Waals surface area contributed by atoms with Gasteiger partial charge in [-0.05, 0) is 0 Å². The van der Waals surface area contributed by atoms with Crippen molar-refractivity contribution < 1.29 is 10.0 Å². The van der Waals surface area contributed by atoms with E-state index in [9.17, 15) is 15.2 Å². The summed E-state index contributed by atoms with van der Waals surface area (Å²) in [6, 6.07) is 7.42. The Bertz CT molecular complexity index is 664. The highest BCUT2D eigenvalue weighted by Crippen LogP contribution is 2.27. The first kappa shape index (κ1) is 11.5. The molecule has 1 aromatic carbocycles. The van der Waals surface area contributed by atoms with Crippen molar-refractivity contribution in [1.29, 1.82) is 5.26 Å². The molecule has 0 unspecified atom stereocenters. The topological polar surface area (TPSA) is 113 Å². The maximum atomic E-state index is 10.7. The third kappa shape index (κ3) is 1.94. The number of hydrogen-bond donors (Lipinski definition) is 1. The molecule has 0 saturated carbocycles. The zero-order chi connectivity index (χ0) is 13.1. The van der Waals surface area contributed by atoms with E-state index < -0.39 is 10.8 Å². The number of rotatable bonds is 2. The summed E-state index contributed by atoms with van der Waals surface area (Å²) >= 11 is 0. The van der Waals surface area contributed by atoms with Crippen LogP contribution < -0.4 is 0 Å². The Balaban J connectivity index is 2.63. The second-order valence-corrected chi connectivity index (χ2v) is 3.34. The van der Waals surface area contributed by atoms with Gasteiger partial charge in [0, 0.05) is 17.7 Å². The average molecular weight is 242 g/mol. The van der Waals surface area contributed by atoms with Crippen LogP contribution in [-0.2, 0) is 0 Å². The van der Waals surface area contributed by atoms with Crippen molar-refractivity contribution in [3.63, 3.8) is 0 Å². The van der Waals surface area contributed by atoms with Gasteiger partial charge in [-0.1, -0.05) is 12.1 Å². The monoisotopic (exact) mass is 242 g/mol. The third-order valence-electron chi connectivity index (χ3n) is 2.27. The summed E-state index contributed by atoms with van der Waals surface area (Å²) in [7, 11) is 0. The number of aromatic nitrogens is 2. The van der Waals surface area contributed by atoms with Gasteiger partial charge in [0.15, 0.2) is 0 Å². The van der Waals surface area contributed by atoms with Crippen LogP contribution >= 0.6 is 0 Å². The van der Waals surface area contributed by atoms with E-state index in [1.165, 1.54) is 18.2 Å². The van der Waals surface area contributed by atoms with Crippen LogP contribution in [0.25, 0.3) is 11.3 Å². The van der Waals surface area contributed by atoms with Gasteiger partial charge >= 0.3 is 0 Å². The fourth-order valence-corrected chi connectivity index (χ4v) is 1.46. The molecule has 18 heavy (non-hydrogen) atoms. The van der Waals surface area contributed by atoms with E-state index in [0.29, 0.717) is 5.56 Å². The Labute approximate surface area is 101 Å². The minimum absolute atomic E-state index is 0.113. The van der Waals surface area contributed by atoms with Crippen LogP contribution in [0.15, 0.2) is 30.6 Å². The minimum Gasteiger partial charge on any atom is -0.492 e. The summed E-state index contributed by atoms with van der Waals surface area (Å²) in [6.45, 7) is 0. The Morgan fingerprint density at radius 2 is 2.17 bits per heavy atom. The summed E-state index contributed by atoms with van der Waals surface area (Å²) in [5.74, 6) is -0.450. The number of aromatic hydroxyl groups is 1. The molecule has 0 bridgehead atoms. The van der Waals surface area contributed by atoms with E-state index in [-0.39, 0.29) is 16.9 Å². The van der Waals surface area contributed by atoms with Crippen molar-refractivity contribution in [3.05, 3.63) is 46.3 Å². The van der Waals surface area contributed by atoms with Crippen LogP contribution in [0, 0.1) is 21.4 Å². The summed E-state index contributed by atoms with van der Waals surface area (Å²) in [4.78, 5) is 17.5. The summed E-state index contributed by atoms with van der Waals surface area (Å²) in [5, 5.41) is 29.0. The highest BCUT2D eigenvalue weighted by atomic mass is 16.6. The number of non-ortho nitro benzene ring substituents is 1. The first-order valence-electron chi connectivity index (χ1n) is 4.82. The second kappa shape index (κ2) is 4.47. The van der Waals surface area contributed by atoms with Crippen LogP contribution in [0.1, 0.15) is 5.56 Å². The highest BCUT2D eigenvalue weighted by molar-refractivity contribution is 5.70. The fourth-order valence-electron chi connectivity index (χ4n) is 1.46. The molecule has 2 aromatic rings. The molecule has 7 nitrogen and oxygen atoms in total. The number of nitro groups is 1. The van der Waals surface area contributed by atoms with E-state index >= 15 is 0 Å². The second-order valence-electron chi connectivity index (χ2n) is 3.34. The predicted molar refractivity (Wildman–Crippen MR) is 60.5 cm³/mol. The van der Waals surface area contributed by atoms with Gasteiger partial charge in [-0.2, -0.15) is 5.26 Å². The summed E-state index contributed by atoms with van der Waals surface area (Å²) in [5.41, 5.74) is 0.305. The van der Waals surface area contributed by atoms with Gasteiger partial charge in [0.05, 0.1) is 10.6 Å². The lowest BCUT2D eigenvalue weighted by Crippen LogP contribution is -1.93. The van der Waals surface area contributed by atoms with Crippen molar-refractivity contribution in [2.24, 2.45) is 0 Å². The molecule has 88 valence electrons. The molecule has 1 N–H and O–H groups in total. The van der Waals surface area contributed by atoms with Crippen LogP contribution in [-0.4, -0.2) is 20.0 Å². The molecule has 0 fully saturated rings. The van der Waals surface area contributed by atoms with E-state index in [4.69, 9.17) is 5.26 Å². The molecule has 0 aliphatic rings. The third-order valence-corrected chi connectivity index (χ3v) is 2.27. The number of nitriles is 1. The first-order valence-corrected chi connectivity index (χ1v) is 4.82. The zero-order valence-corrected chi connectivity index (χ0v) is 8.94. The fraction of sp³-hybridized carbons (Fsp3) is 0. The van der Waals surface area contributed by atoms with Gasteiger partial charge < -0.3 is 5.11 Å². The molecular weight excluding hydrogens is 236 g/mol. The molecule has 0 radical (unpaired) electrons. The Kier molecular flexibility index (Phi) is 2.85. The summed E-state index contributed by atoms with van der Waals surface area (Å²) < 4.78 is 0. The number of benzene rings is 1. The van der Waals surface area contributed by atoms with Crippen molar-refractivity contribution in [1.82, 2.24) is 9.97 Å². The van der Waals surface area contributed by atoms with Crippen molar-refractivity contribution in [2.75, 3.05) is 0 Å². The molecule has 0 spiro atoms. The van der Waals surface area contributed by atoms with Crippen LogP contribution in [0.3, 0.4) is 0 Å². The lowest BCUT2D eigenvalue weighted by atomic mass is 10.1. The predicted octanol–water partition coefficient (Wildman–Crippen LogP) is 1.63. The van der Waals surface area contributed by atoms with Gasteiger partial charge in [-0.15, -0.1) is 0 Å². The molecule has 2 rings (SSSR count). The van der Waals surface area contributed by atoms with Gasteiger partial charge in [0.25, 0.3) is 5.69 Å².